The smallest absolute Gasteiger partial charge is 0.347 e. The lowest BCUT2D eigenvalue weighted by Crippen LogP contribution is -2.27. The van der Waals surface area contributed by atoms with Gasteiger partial charge < -0.3 is 19.6 Å². The lowest BCUT2D eigenvalue weighted by molar-refractivity contribution is -0.150. The Bertz CT molecular complexity index is 1120. The zero-order chi connectivity index (χ0) is 20.8. The summed E-state index contributed by atoms with van der Waals surface area (Å²) in [5.74, 6) is -0.564. The van der Waals surface area contributed by atoms with Crippen LogP contribution in [-0.4, -0.2) is 33.8 Å². The Labute approximate surface area is 166 Å². The molecule has 0 spiro atoms. The lowest BCUT2D eigenvalue weighted by atomic mass is 10.2. The molecule has 1 atom stereocenters. The van der Waals surface area contributed by atoms with Gasteiger partial charge in [-0.1, -0.05) is 12.1 Å². The zero-order valence-corrected chi connectivity index (χ0v) is 15.4. The Hall–Kier alpha value is -4.30. The van der Waals surface area contributed by atoms with Crippen molar-refractivity contribution in [3.63, 3.8) is 0 Å². The van der Waals surface area contributed by atoms with Gasteiger partial charge in [-0.2, -0.15) is 10.5 Å². The summed E-state index contributed by atoms with van der Waals surface area (Å²) in [5, 5.41) is 28.4. The van der Waals surface area contributed by atoms with Crippen molar-refractivity contribution >= 4 is 22.6 Å². The molecule has 0 bridgehead atoms. The van der Waals surface area contributed by atoms with E-state index in [9.17, 15) is 15.2 Å². The van der Waals surface area contributed by atoms with Gasteiger partial charge in [-0.25, -0.2) is 9.78 Å². The number of nitrogens with zero attached hydrogens (tertiary/aromatic N) is 3. The van der Waals surface area contributed by atoms with Gasteiger partial charge in [0.05, 0.1) is 22.7 Å². The fourth-order valence-electron chi connectivity index (χ4n) is 2.51. The number of fused-ring (bicyclic) bond motifs is 1. The van der Waals surface area contributed by atoms with Crippen LogP contribution in [0.2, 0.25) is 0 Å². The van der Waals surface area contributed by atoms with Crippen LogP contribution in [0.3, 0.4) is 0 Å². The number of allylic oxidation sites excluding steroid dienone is 1. The van der Waals surface area contributed by atoms with E-state index in [1.165, 1.54) is 6.92 Å². The number of nitriles is 2. The predicted octanol–water partition coefficient (Wildman–Crippen LogP) is 3.24. The van der Waals surface area contributed by atoms with Crippen LogP contribution in [0.5, 0.6) is 5.75 Å². The first-order valence-corrected chi connectivity index (χ1v) is 8.62. The van der Waals surface area contributed by atoms with Crippen molar-refractivity contribution < 1.29 is 19.4 Å². The number of ether oxygens (including phenoxy) is 2. The molecule has 0 aliphatic carbocycles. The summed E-state index contributed by atoms with van der Waals surface area (Å²) in [6.07, 6.45) is -0.951. The van der Waals surface area contributed by atoms with Gasteiger partial charge in [0, 0.05) is 0 Å². The molecule has 29 heavy (non-hydrogen) atoms. The molecule has 3 aromatic rings. The summed E-state index contributed by atoms with van der Waals surface area (Å²) in [4.78, 5) is 19.3. The second-order valence-electron chi connectivity index (χ2n) is 6.04. The predicted molar refractivity (Wildman–Crippen MR) is 103 cm³/mol. The third kappa shape index (κ3) is 4.52. The number of hydrogen-bond donors (Lipinski definition) is 2. The number of aromatic nitrogens is 2. The average Bonchev–Trinajstić information content (AvgIpc) is 3.16. The number of H-pyrrole nitrogens is 1. The minimum Gasteiger partial charge on any atom is -0.507 e. The van der Waals surface area contributed by atoms with Crippen LogP contribution in [0.15, 0.2) is 54.3 Å². The normalized spacial score (nSPS) is 12.4. The Morgan fingerprint density at radius 2 is 1.93 bits per heavy atom. The number of imidazole rings is 1. The Morgan fingerprint density at radius 3 is 2.59 bits per heavy atom. The standard InChI is InChI=1S/C21H16N4O4/c1-13(29-15-8-6-14(10-22)7-9-15)21(27)28-12-19(26)16(11-23)20-24-17-4-2-3-5-18(17)25-20/h2-9,13,26H,12H2,1H3,(H,24,25)/b19-16-/t13-/m0/s1. The molecule has 0 saturated heterocycles. The number of para-hydroxylation sites is 2. The Balaban J connectivity index is 1.65. The number of carbonyl (C=O) groups excluding carboxylic acids is 1. The van der Waals surface area contributed by atoms with Crippen molar-refractivity contribution in [3.05, 3.63) is 65.7 Å². The number of esters is 1. The molecular weight excluding hydrogens is 372 g/mol. The number of rotatable bonds is 6. The van der Waals surface area contributed by atoms with Gasteiger partial charge in [-0.15, -0.1) is 0 Å². The maximum absolute atomic E-state index is 12.1. The number of benzene rings is 2. The van der Waals surface area contributed by atoms with Crippen molar-refractivity contribution in [2.45, 2.75) is 13.0 Å². The molecule has 144 valence electrons. The van der Waals surface area contributed by atoms with E-state index < -0.39 is 24.4 Å². The van der Waals surface area contributed by atoms with Crippen LogP contribution < -0.4 is 4.74 Å². The highest BCUT2D eigenvalue weighted by Crippen LogP contribution is 2.19. The number of hydrogen-bond acceptors (Lipinski definition) is 7. The Morgan fingerprint density at radius 1 is 1.21 bits per heavy atom. The van der Waals surface area contributed by atoms with Crippen LogP contribution in [-0.2, 0) is 9.53 Å². The summed E-state index contributed by atoms with van der Waals surface area (Å²) in [6, 6.07) is 17.3. The fraction of sp³-hybridized carbons (Fsp3) is 0.143. The van der Waals surface area contributed by atoms with E-state index in [4.69, 9.17) is 14.7 Å². The molecule has 0 fully saturated rings. The van der Waals surface area contributed by atoms with Crippen molar-refractivity contribution in [1.82, 2.24) is 9.97 Å². The van der Waals surface area contributed by atoms with Crippen molar-refractivity contribution in [2.24, 2.45) is 0 Å². The monoisotopic (exact) mass is 388 g/mol. The molecule has 0 radical (unpaired) electrons. The highest BCUT2D eigenvalue weighted by atomic mass is 16.6. The van der Waals surface area contributed by atoms with E-state index in [-0.39, 0.29) is 11.4 Å². The minimum absolute atomic E-state index is 0.116. The molecule has 0 saturated carbocycles. The molecule has 2 N–H and O–H groups in total. The van der Waals surface area contributed by atoms with E-state index in [1.807, 2.05) is 18.2 Å². The van der Waals surface area contributed by atoms with Gasteiger partial charge in [0.25, 0.3) is 0 Å². The van der Waals surface area contributed by atoms with Gasteiger partial charge in [-0.3, -0.25) is 0 Å². The highest BCUT2D eigenvalue weighted by Gasteiger charge is 2.19. The number of aromatic amines is 1. The molecule has 1 heterocycles. The third-order valence-electron chi connectivity index (χ3n) is 4.01. The first-order chi connectivity index (χ1) is 14.0. The number of aliphatic hydroxyl groups excluding tert-OH is 1. The zero-order valence-electron chi connectivity index (χ0n) is 15.4. The summed E-state index contributed by atoms with van der Waals surface area (Å²) >= 11 is 0. The third-order valence-corrected chi connectivity index (χ3v) is 4.01. The molecule has 0 aliphatic heterocycles. The SMILES string of the molecule is C[C@H](Oc1ccc(C#N)cc1)C(=O)OC/C(O)=C(\C#N)c1nc2ccccc2[nH]1. The molecule has 1 aromatic heterocycles. The number of nitrogens with one attached hydrogen (secondary N) is 1. The quantitative estimate of drug-likeness (QED) is 0.376. The number of carbonyl (C=O) groups is 1. The molecule has 0 aliphatic rings. The molecule has 3 rings (SSSR count). The summed E-state index contributed by atoms with van der Waals surface area (Å²) in [7, 11) is 0. The van der Waals surface area contributed by atoms with Gasteiger partial charge in [0.15, 0.2) is 17.7 Å². The van der Waals surface area contributed by atoms with Gasteiger partial charge in [0.2, 0.25) is 0 Å². The van der Waals surface area contributed by atoms with Crippen molar-refractivity contribution in [1.29, 1.82) is 10.5 Å². The van der Waals surface area contributed by atoms with Crippen molar-refractivity contribution in [2.75, 3.05) is 6.61 Å². The van der Waals surface area contributed by atoms with E-state index in [0.29, 0.717) is 22.3 Å². The lowest BCUT2D eigenvalue weighted by Gasteiger charge is -2.14. The molecule has 8 heteroatoms. The van der Waals surface area contributed by atoms with Crippen molar-refractivity contribution in [3.8, 4) is 17.9 Å². The highest BCUT2D eigenvalue weighted by molar-refractivity contribution is 5.83. The van der Waals surface area contributed by atoms with Crippen LogP contribution in [0.1, 0.15) is 18.3 Å². The molecule has 0 amide bonds. The second-order valence-corrected chi connectivity index (χ2v) is 6.04. The average molecular weight is 388 g/mol. The van der Waals surface area contributed by atoms with E-state index >= 15 is 0 Å². The molecular formula is C21H16N4O4. The second kappa shape index (κ2) is 8.59. The topological polar surface area (TPSA) is 132 Å². The molecule has 8 nitrogen and oxygen atoms in total. The summed E-state index contributed by atoms with van der Waals surface area (Å²) < 4.78 is 10.5. The van der Waals surface area contributed by atoms with Crippen LogP contribution in [0, 0.1) is 22.7 Å². The van der Waals surface area contributed by atoms with E-state index in [0.717, 1.165) is 0 Å². The van der Waals surface area contributed by atoms with Gasteiger partial charge >= 0.3 is 5.97 Å². The maximum atomic E-state index is 12.1. The van der Waals surface area contributed by atoms with Crippen LogP contribution in [0.25, 0.3) is 16.6 Å². The Kier molecular flexibility index (Phi) is 5.77. The molecule has 0 unspecified atom stereocenters. The summed E-state index contributed by atoms with van der Waals surface area (Å²) in [6.45, 7) is 0.992. The van der Waals surface area contributed by atoms with Gasteiger partial charge in [0.1, 0.15) is 24.0 Å². The summed E-state index contributed by atoms with van der Waals surface area (Å²) in [5.41, 5.74) is 1.71. The van der Waals surface area contributed by atoms with Crippen LogP contribution in [0.4, 0.5) is 0 Å². The minimum atomic E-state index is -0.951. The van der Waals surface area contributed by atoms with E-state index in [2.05, 4.69) is 9.97 Å². The van der Waals surface area contributed by atoms with Crippen LogP contribution >= 0.6 is 0 Å². The largest absolute Gasteiger partial charge is 0.507 e. The first kappa shape index (κ1) is 19.5. The number of aliphatic hydroxyl groups is 1. The maximum Gasteiger partial charge on any atom is 0.347 e. The fourth-order valence-corrected chi connectivity index (χ4v) is 2.51. The first-order valence-electron chi connectivity index (χ1n) is 8.62. The van der Waals surface area contributed by atoms with E-state index in [1.54, 1.807) is 42.5 Å². The molecule has 2 aromatic carbocycles. The van der Waals surface area contributed by atoms with Gasteiger partial charge in [-0.05, 0) is 43.3 Å².